The predicted octanol–water partition coefficient (Wildman–Crippen LogP) is 1.40. The molecule has 1 aromatic carbocycles. The third-order valence-corrected chi connectivity index (χ3v) is 2.27. The van der Waals surface area contributed by atoms with Crippen LogP contribution in [0.2, 0.25) is 0 Å². The smallest absolute Gasteiger partial charge is 0.252 e. The molecule has 0 aliphatic rings. The van der Waals surface area contributed by atoms with Crippen LogP contribution < -0.4 is 5.73 Å². The van der Waals surface area contributed by atoms with Gasteiger partial charge in [0, 0.05) is 3.57 Å². The van der Waals surface area contributed by atoms with Crippen LogP contribution in [0.1, 0.15) is 15.9 Å². The van der Waals surface area contributed by atoms with Crippen molar-refractivity contribution in [1.82, 2.24) is 0 Å². The van der Waals surface area contributed by atoms with Crippen molar-refractivity contribution < 1.29 is 9.18 Å². The quantitative estimate of drug-likeness (QED) is 0.794. The zero-order valence-corrected chi connectivity index (χ0v) is 8.50. The van der Waals surface area contributed by atoms with E-state index in [0.29, 0.717) is 3.57 Å². The summed E-state index contributed by atoms with van der Waals surface area (Å²) >= 11 is 1.76. The molecule has 1 rings (SSSR count). The number of nitrogens with zero attached hydrogens (tertiary/aromatic N) is 1. The van der Waals surface area contributed by atoms with Crippen LogP contribution in [0, 0.1) is 20.7 Å². The highest BCUT2D eigenvalue weighted by Gasteiger charge is 2.13. The van der Waals surface area contributed by atoms with Gasteiger partial charge in [0.1, 0.15) is 5.82 Å². The highest BCUT2D eigenvalue weighted by molar-refractivity contribution is 14.1. The van der Waals surface area contributed by atoms with Crippen LogP contribution in [0.3, 0.4) is 0 Å². The van der Waals surface area contributed by atoms with E-state index >= 15 is 0 Å². The van der Waals surface area contributed by atoms with Gasteiger partial charge in [-0.15, -0.1) is 0 Å². The van der Waals surface area contributed by atoms with E-state index in [1.54, 1.807) is 28.7 Å². The van der Waals surface area contributed by atoms with E-state index in [-0.39, 0.29) is 11.1 Å². The van der Waals surface area contributed by atoms with Crippen LogP contribution in [0.15, 0.2) is 12.1 Å². The molecule has 0 unspecified atom stereocenters. The highest BCUT2D eigenvalue weighted by atomic mass is 127. The van der Waals surface area contributed by atoms with Gasteiger partial charge in [-0.2, -0.15) is 5.26 Å². The first-order valence-corrected chi connectivity index (χ1v) is 4.33. The second-order valence-electron chi connectivity index (χ2n) is 2.29. The van der Waals surface area contributed by atoms with Crippen molar-refractivity contribution in [2.75, 3.05) is 0 Å². The maximum atomic E-state index is 13.1. The molecule has 66 valence electrons. The van der Waals surface area contributed by atoms with E-state index in [1.165, 1.54) is 6.07 Å². The molecule has 0 bridgehead atoms. The molecule has 0 fully saturated rings. The van der Waals surface area contributed by atoms with Gasteiger partial charge >= 0.3 is 0 Å². The second-order valence-corrected chi connectivity index (χ2v) is 3.45. The summed E-state index contributed by atoms with van der Waals surface area (Å²) in [4.78, 5) is 10.7. The van der Waals surface area contributed by atoms with E-state index in [1.807, 2.05) is 0 Å². The van der Waals surface area contributed by atoms with E-state index in [0.717, 1.165) is 6.07 Å². The van der Waals surface area contributed by atoms with Crippen LogP contribution in [0.4, 0.5) is 4.39 Å². The summed E-state index contributed by atoms with van der Waals surface area (Å²) in [6.07, 6.45) is 0. The maximum absolute atomic E-state index is 13.1. The number of halogens is 2. The van der Waals surface area contributed by atoms with Gasteiger partial charge in [0.2, 0.25) is 0 Å². The molecule has 0 aromatic heterocycles. The lowest BCUT2D eigenvalue weighted by Gasteiger charge is -2.01. The molecule has 0 saturated carbocycles. The number of hydrogen-bond donors (Lipinski definition) is 1. The molecular weight excluding hydrogens is 286 g/mol. The van der Waals surface area contributed by atoms with E-state index in [9.17, 15) is 9.18 Å². The number of rotatable bonds is 1. The summed E-state index contributed by atoms with van der Waals surface area (Å²) in [7, 11) is 0. The Bertz CT molecular complexity index is 388. The first-order valence-electron chi connectivity index (χ1n) is 3.25. The molecule has 3 nitrogen and oxygen atoms in total. The van der Waals surface area contributed by atoms with Crippen LogP contribution in [0.5, 0.6) is 0 Å². The largest absolute Gasteiger partial charge is 0.365 e. The predicted molar refractivity (Wildman–Crippen MR) is 52.3 cm³/mol. The SMILES string of the molecule is N#Cc1cc(F)c(C(N)=O)c(I)c1. The fraction of sp³-hybridized carbons (Fsp3) is 0. The topological polar surface area (TPSA) is 66.9 Å². The van der Waals surface area contributed by atoms with Crippen LogP contribution in [0.25, 0.3) is 0 Å². The number of nitriles is 1. The molecule has 13 heavy (non-hydrogen) atoms. The molecule has 1 aromatic rings. The first-order chi connectivity index (χ1) is 6.06. The van der Waals surface area contributed by atoms with Crippen molar-refractivity contribution in [2.45, 2.75) is 0 Å². The lowest BCUT2D eigenvalue weighted by Crippen LogP contribution is -2.15. The van der Waals surface area contributed by atoms with Gasteiger partial charge < -0.3 is 5.73 Å². The summed E-state index contributed by atoms with van der Waals surface area (Å²) < 4.78 is 13.4. The fourth-order valence-corrected chi connectivity index (χ4v) is 1.73. The molecule has 2 N–H and O–H groups in total. The molecule has 0 radical (unpaired) electrons. The van der Waals surface area contributed by atoms with Crippen molar-refractivity contribution in [3.05, 3.63) is 32.6 Å². The van der Waals surface area contributed by atoms with Gasteiger partial charge in [-0.05, 0) is 34.7 Å². The van der Waals surface area contributed by atoms with E-state index in [4.69, 9.17) is 11.0 Å². The van der Waals surface area contributed by atoms with Gasteiger partial charge in [-0.25, -0.2) is 4.39 Å². The molecule has 0 atom stereocenters. The molecule has 0 saturated heterocycles. The minimum Gasteiger partial charge on any atom is -0.365 e. The van der Waals surface area contributed by atoms with Crippen LogP contribution >= 0.6 is 22.6 Å². The Morgan fingerprint density at radius 2 is 2.23 bits per heavy atom. The summed E-state index contributed by atoms with van der Waals surface area (Å²) in [5, 5.41) is 8.48. The van der Waals surface area contributed by atoms with Gasteiger partial charge in [0.05, 0.1) is 17.2 Å². The molecule has 0 aliphatic heterocycles. The number of primary amides is 1. The van der Waals surface area contributed by atoms with Crippen LogP contribution in [-0.2, 0) is 0 Å². The normalized spacial score (nSPS) is 9.31. The number of carbonyl (C=O) groups is 1. The number of hydrogen-bond acceptors (Lipinski definition) is 2. The van der Waals surface area contributed by atoms with Crippen molar-refractivity contribution >= 4 is 28.5 Å². The minimum absolute atomic E-state index is 0.167. The standard InChI is InChI=1S/C8H4FIN2O/c9-5-1-4(3-11)2-6(10)7(5)8(12)13/h1-2H,(H2,12,13). The first kappa shape index (κ1) is 9.92. The van der Waals surface area contributed by atoms with Crippen molar-refractivity contribution in [3.63, 3.8) is 0 Å². The molecule has 5 heteroatoms. The zero-order chi connectivity index (χ0) is 10.0. The maximum Gasteiger partial charge on any atom is 0.252 e. The summed E-state index contributed by atoms with van der Waals surface area (Å²) in [5.74, 6) is -1.58. The number of nitrogens with two attached hydrogens (primary N) is 1. The third kappa shape index (κ3) is 1.95. The lowest BCUT2D eigenvalue weighted by atomic mass is 10.1. The lowest BCUT2D eigenvalue weighted by molar-refractivity contribution is 0.0995. The van der Waals surface area contributed by atoms with Crippen molar-refractivity contribution in [3.8, 4) is 6.07 Å². The second kappa shape index (κ2) is 3.70. The van der Waals surface area contributed by atoms with Gasteiger partial charge in [0.25, 0.3) is 5.91 Å². The number of benzene rings is 1. The van der Waals surface area contributed by atoms with E-state index < -0.39 is 11.7 Å². The average molecular weight is 290 g/mol. The summed E-state index contributed by atoms with van der Waals surface area (Å²) in [5.41, 5.74) is 4.95. The minimum atomic E-state index is -0.827. The Hall–Kier alpha value is -1.16. The Morgan fingerprint density at radius 3 is 2.62 bits per heavy atom. The zero-order valence-electron chi connectivity index (χ0n) is 6.34. The molecular formula is C8H4FIN2O. The number of amides is 1. The number of carbonyl (C=O) groups excluding carboxylic acids is 1. The van der Waals surface area contributed by atoms with Crippen molar-refractivity contribution in [2.24, 2.45) is 5.73 Å². The highest BCUT2D eigenvalue weighted by Crippen LogP contribution is 2.17. The monoisotopic (exact) mass is 290 g/mol. The summed E-state index contributed by atoms with van der Waals surface area (Å²) in [6.45, 7) is 0. The Morgan fingerprint density at radius 1 is 1.62 bits per heavy atom. The van der Waals surface area contributed by atoms with E-state index in [2.05, 4.69) is 0 Å². The Labute approximate surface area is 87.5 Å². The summed E-state index contributed by atoms with van der Waals surface area (Å²) in [6, 6.07) is 4.17. The molecule has 0 heterocycles. The average Bonchev–Trinajstić information content (AvgIpc) is 2.02. The molecule has 0 spiro atoms. The molecule has 0 aliphatic carbocycles. The Balaban J connectivity index is 3.42. The van der Waals surface area contributed by atoms with Crippen LogP contribution in [-0.4, -0.2) is 5.91 Å². The van der Waals surface area contributed by atoms with Gasteiger partial charge in [0.15, 0.2) is 0 Å². The third-order valence-electron chi connectivity index (χ3n) is 1.42. The van der Waals surface area contributed by atoms with Gasteiger partial charge in [-0.1, -0.05) is 0 Å². The fourth-order valence-electron chi connectivity index (χ4n) is 0.873. The van der Waals surface area contributed by atoms with Gasteiger partial charge in [-0.3, -0.25) is 4.79 Å². The molecule has 1 amide bonds. The Kier molecular flexibility index (Phi) is 2.83. The van der Waals surface area contributed by atoms with Crippen molar-refractivity contribution in [1.29, 1.82) is 5.26 Å².